The summed E-state index contributed by atoms with van der Waals surface area (Å²) >= 11 is 6.61. The van der Waals surface area contributed by atoms with Crippen molar-refractivity contribution in [1.29, 1.82) is 0 Å². The molecule has 2 rings (SSSR count). The highest BCUT2D eigenvalue weighted by Crippen LogP contribution is 2.22. The maximum atomic E-state index is 11.4. The smallest absolute Gasteiger partial charge is 0.267 e. The Labute approximate surface area is 121 Å². The summed E-state index contributed by atoms with van der Waals surface area (Å²) in [4.78, 5) is 18.0. The molecular formula is C12H11Br2N3O. The number of nitrogens with one attached hydrogen (secondary N) is 2. The second-order valence-electron chi connectivity index (χ2n) is 3.81. The van der Waals surface area contributed by atoms with Crippen molar-refractivity contribution in [3.05, 3.63) is 55.5 Å². The van der Waals surface area contributed by atoms with Gasteiger partial charge in [-0.2, -0.15) is 0 Å². The Bertz CT molecular complexity index is 595. The van der Waals surface area contributed by atoms with Gasteiger partial charge in [0, 0.05) is 10.5 Å². The zero-order chi connectivity index (χ0) is 13.1. The topological polar surface area (TPSA) is 57.8 Å². The summed E-state index contributed by atoms with van der Waals surface area (Å²) in [6.45, 7) is 2.01. The molecule has 2 N–H and O–H groups in total. The van der Waals surface area contributed by atoms with Gasteiger partial charge in [0.25, 0.3) is 5.56 Å². The van der Waals surface area contributed by atoms with Crippen molar-refractivity contribution < 1.29 is 0 Å². The number of hydrogen-bond donors (Lipinski definition) is 2. The number of rotatable bonds is 3. The molecule has 0 aliphatic rings. The Morgan fingerprint density at radius 3 is 2.61 bits per heavy atom. The van der Waals surface area contributed by atoms with Crippen LogP contribution in [0.15, 0.2) is 44.3 Å². The van der Waals surface area contributed by atoms with Crippen LogP contribution >= 0.6 is 31.9 Å². The number of nitrogens with zero attached hydrogens (tertiary/aromatic N) is 1. The summed E-state index contributed by atoms with van der Waals surface area (Å²) in [5, 5.41) is 3.19. The first kappa shape index (κ1) is 13.3. The molecule has 0 fully saturated rings. The van der Waals surface area contributed by atoms with Crippen molar-refractivity contribution in [3.8, 4) is 0 Å². The van der Waals surface area contributed by atoms with Gasteiger partial charge in [0.1, 0.15) is 10.3 Å². The molecule has 4 nitrogen and oxygen atoms in total. The van der Waals surface area contributed by atoms with Crippen LogP contribution in [0, 0.1) is 0 Å². The van der Waals surface area contributed by atoms with Crippen molar-refractivity contribution in [2.45, 2.75) is 13.0 Å². The summed E-state index contributed by atoms with van der Waals surface area (Å²) in [7, 11) is 0. The van der Waals surface area contributed by atoms with E-state index in [0.717, 1.165) is 10.0 Å². The van der Waals surface area contributed by atoms with Gasteiger partial charge in [-0.05, 0) is 40.5 Å². The summed E-state index contributed by atoms with van der Waals surface area (Å²) < 4.78 is 1.45. The van der Waals surface area contributed by atoms with E-state index in [-0.39, 0.29) is 11.6 Å². The van der Waals surface area contributed by atoms with Crippen LogP contribution in [0.3, 0.4) is 0 Å². The third-order valence-electron chi connectivity index (χ3n) is 2.52. The van der Waals surface area contributed by atoms with Gasteiger partial charge in [0.05, 0.1) is 6.33 Å². The van der Waals surface area contributed by atoms with Gasteiger partial charge >= 0.3 is 0 Å². The van der Waals surface area contributed by atoms with Crippen LogP contribution in [0.5, 0.6) is 0 Å². The number of hydrogen-bond acceptors (Lipinski definition) is 3. The lowest BCUT2D eigenvalue weighted by atomic mass is 10.1. The molecule has 0 radical (unpaired) electrons. The molecule has 1 aromatic carbocycles. The van der Waals surface area contributed by atoms with E-state index in [4.69, 9.17) is 0 Å². The van der Waals surface area contributed by atoms with Crippen molar-refractivity contribution in [3.63, 3.8) is 0 Å². The number of aromatic nitrogens is 2. The van der Waals surface area contributed by atoms with E-state index in [1.807, 2.05) is 31.2 Å². The minimum atomic E-state index is -0.199. The fourth-order valence-electron chi connectivity index (χ4n) is 1.52. The van der Waals surface area contributed by atoms with Crippen molar-refractivity contribution in [2.24, 2.45) is 0 Å². The first-order chi connectivity index (χ1) is 8.58. The standard InChI is InChI=1S/C12H11Br2N3O/c1-7(8-2-4-9(13)5-3-8)17-11-10(14)12(18)16-6-15-11/h2-7H,1H3,(H2,15,16,17,18). The van der Waals surface area contributed by atoms with Crippen LogP contribution in [0.2, 0.25) is 0 Å². The Balaban J connectivity index is 2.21. The number of aromatic amines is 1. The molecule has 0 amide bonds. The van der Waals surface area contributed by atoms with Crippen LogP contribution in [0.1, 0.15) is 18.5 Å². The van der Waals surface area contributed by atoms with E-state index in [9.17, 15) is 4.79 Å². The summed E-state index contributed by atoms with van der Waals surface area (Å²) in [6, 6.07) is 8.05. The van der Waals surface area contributed by atoms with E-state index < -0.39 is 0 Å². The van der Waals surface area contributed by atoms with Gasteiger partial charge in [-0.15, -0.1) is 0 Å². The quantitative estimate of drug-likeness (QED) is 0.867. The lowest BCUT2D eigenvalue weighted by Gasteiger charge is -2.15. The Morgan fingerprint density at radius 2 is 1.94 bits per heavy atom. The van der Waals surface area contributed by atoms with Gasteiger partial charge in [-0.3, -0.25) is 4.79 Å². The van der Waals surface area contributed by atoms with Crippen molar-refractivity contribution in [2.75, 3.05) is 5.32 Å². The zero-order valence-electron chi connectivity index (χ0n) is 9.58. The van der Waals surface area contributed by atoms with Crippen LogP contribution in [-0.2, 0) is 0 Å². The highest BCUT2D eigenvalue weighted by molar-refractivity contribution is 9.10. The molecule has 0 bridgehead atoms. The molecule has 94 valence electrons. The van der Waals surface area contributed by atoms with Crippen LogP contribution in [-0.4, -0.2) is 9.97 Å². The second-order valence-corrected chi connectivity index (χ2v) is 5.52. The molecule has 1 aromatic heterocycles. The van der Waals surface area contributed by atoms with Crippen molar-refractivity contribution in [1.82, 2.24) is 9.97 Å². The Morgan fingerprint density at radius 1 is 1.28 bits per heavy atom. The highest BCUT2D eigenvalue weighted by atomic mass is 79.9. The van der Waals surface area contributed by atoms with E-state index in [2.05, 4.69) is 47.1 Å². The summed E-state index contributed by atoms with van der Waals surface area (Å²) in [6.07, 6.45) is 1.38. The van der Waals surface area contributed by atoms with Crippen LogP contribution in [0.25, 0.3) is 0 Å². The molecule has 0 aliphatic heterocycles. The van der Waals surface area contributed by atoms with Gasteiger partial charge < -0.3 is 10.3 Å². The zero-order valence-corrected chi connectivity index (χ0v) is 12.7. The largest absolute Gasteiger partial charge is 0.362 e. The fourth-order valence-corrected chi connectivity index (χ4v) is 2.12. The Kier molecular flexibility index (Phi) is 4.19. The fraction of sp³-hybridized carbons (Fsp3) is 0.167. The minimum Gasteiger partial charge on any atom is -0.362 e. The van der Waals surface area contributed by atoms with Gasteiger partial charge in [-0.25, -0.2) is 4.98 Å². The molecule has 0 saturated carbocycles. The number of halogens is 2. The first-order valence-corrected chi connectivity index (χ1v) is 6.91. The normalized spacial score (nSPS) is 12.2. The number of H-pyrrole nitrogens is 1. The Hall–Kier alpha value is -1.14. The lowest BCUT2D eigenvalue weighted by molar-refractivity contribution is 0.867. The number of benzene rings is 1. The highest BCUT2D eigenvalue weighted by Gasteiger charge is 2.10. The maximum absolute atomic E-state index is 11.4. The van der Waals surface area contributed by atoms with Gasteiger partial charge in [-0.1, -0.05) is 28.1 Å². The summed E-state index contributed by atoms with van der Waals surface area (Å²) in [5.41, 5.74) is 0.919. The van der Waals surface area contributed by atoms with Crippen molar-refractivity contribution >= 4 is 37.7 Å². The van der Waals surface area contributed by atoms with Crippen LogP contribution < -0.4 is 10.9 Å². The van der Waals surface area contributed by atoms with Gasteiger partial charge in [0.15, 0.2) is 0 Å². The SMILES string of the molecule is CC(Nc1nc[nH]c(=O)c1Br)c1ccc(Br)cc1. The molecule has 0 spiro atoms. The molecule has 0 saturated heterocycles. The molecule has 0 aliphatic carbocycles. The third-order valence-corrected chi connectivity index (χ3v) is 3.78. The molecule has 1 heterocycles. The van der Waals surface area contributed by atoms with E-state index in [1.165, 1.54) is 6.33 Å². The molecule has 1 unspecified atom stereocenters. The molecule has 18 heavy (non-hydrogen) atoms. The predicted molar refractivity (Wildman–Crippen MR) is 78.7 cm³/mol. The predicted octanol–water partition coefficient (Wildman–Crippen LogP) is 3.47. The minimum absolute atomic E-state index is 0.0590. The van der Waals surface area contributed by atoms with Crippen LogP contribution in [0.4, 0.5) is 5.82 Å². The van der Waals surface area contributed by atoms with E-state index in [1.54, 1.807) is 0 Å². The average molecular weight is 373 g/mol. The van der Waals surface area contributed by atoms with E-state index in [0.29, 0.717) is 10.3 Å². The molecule has 2 aromatic rings. The third kappa shape index (κ3) is 3.00. The lowest BCUT2D eigenvalue weighted by Crippen LogP contribution is -2.14. The van der Waals surface area contributed by atoms with E-state index >= 15 is 0 Å². The second kappa shape index (κ2) is 5.67. The molecule has 6 heteroatoms. The first-order valence-electron chi connectivity index (χ1n) is 5.33. The maximum Gasteiger partial charge on any atom is 0.267 e. The molecule has 1 atom stereocenters. The van der Waals surface area contributed by atoms with Gasteiger partial charge in [0.2, 0.25) is 0 Å². The monoisotopic (exact) mass is 371 g/mol. The number of anilines is 1. The average Bonchev–Trinajstić information content (AvgIpc) is 2.36. The molecular weight excluding hydrogens is 362 g/mol. The summed E-state index contributed by atoms with van der Waals surface area (Å²) in [5.74, 6) is 0.536.